The number of imide groups is 1. The molecule has 0 saturated carbocycles. The molecule has 0 aliphatic carbocycles. The number of carbonyl (C=O) groups is 2. The fourth-order valence-corrected chi connectivity index (χ4v) is 3.38. The van der Waals surface area contributed by atoms with Crippen LogP contribution >= 0.6 is 27.7 Å². The second-order valence-corrected chi connectivity index (χ2v) is 7.87. The van der Waals surface area contributed by atoms with Gasteiger partial charge in [0.1, 0.15) is 13.2 Å². The number of ether oxygens (including phenoxy) is 2. The topological polar surface area (TPSA) is 116 Å². The third-order valence-corrected chi connectivity index (χ3v) is 5.22. The molecule has 0 spiro atoms. The molecule has 0 fully saturated rings. The van der Waals surface area contributed by atoms with Crippen LogP contribution in [0.1, 0.15) is 0 Å². The number of rotatable bonds is 5. The number of benzene rings is 2. The van der Waals surface area contributed by atoms with Crippen LogP contribution in [0.5, 0.6) is 11.5 Å². The summed E-state index contributed by atoms with van der Waals surface area (Å²) >= 11 is 4.40. The van der Waals surface area contributed by atoms with E-state index < -0.39 is 11.9 Å². The van der Waals surface area contributed by atoms with E-state index in [9.17, 15) is 9.59 Å². The molecular weight excluding hydrogens is 476 g/mol. The van der Waals surface area contributed by atoms with Gasteiger partial charge in [-0.25, -0.2) is 4.79 Å². The van der Waals surface area contributed by atoms with Crippen LogP contribution < -0.4 is 20.1 Å². The highest BCUT2D eigenvalue weighted by molar-refractivity contribution is 9.10. The zero-order valence-corrected chi connectivity index (χ0v) is 17.8. The molecule has 9 nitrogen and oxygen atoms in total. The molecule has 1 aliphatic rings. The van der Waals surface area contributed by atoms with E-state index in [1.165, 1.54) is 0 Å². The van der Waals surface area contributed by atoms with Crippen molar-refractivity contribution in [3.8, 4) is 23.0 Å². The van der Waals surface area contributed by atoms with Gasteiger partial charge in [0.15, 0.2) is 11.5 Å². The van der Waals surface area contributed by atoms with Gasteiger partial charge in [0.05, 0.1) is 5.75 Å². The molecule has 3 aromatic rings. The summed E-state index contributed by atoms with van der Waals surface area (Å²) in [7, 11) is 0. The maximum absolute atomic E-state index is 12.0. The molecule has 0 atom stereocenters. The summed E-state index contributed by atoms with van der Waals surface area (Å²) in [5.41, 5.74) is 1.24. The largest absolute Gasteiger partial charge is 0.486 e. The number of fused-ring (bicyclic) bond motifs is 1. The molecule has 2 aromatic carbocycles. The number of nitrogens with one attached hydrogen (secondary N) is 2. The van der Waals surface area contributed by atoms with Crippen LogP contribution in [-0.4, -0.2) is 41.1 Å². The lowest BCUT2D eigenvalue weighted by molar-refractivity contribution is -0.117. The van der Waals surface area contributed by atoms with Crippen LogP contribution in [0.4, 0.5) is 10.5 Å². The molecule has 0 unspecified atom stereocenters. The minimum Gasteiger partial charge on any atom is -0.486 e. The van der Waals surface area contributed by atoms with Crippen LogP contribution in [0.3, 0.4) is 0 Å². The molecule has 2 heterocycles. The Balaban J connectivity index is 1.26. The maximum atomic E-state index is 12.0. The number of thioether (sulfide) groups is 1. The van der Waals surface area contributed by atoms with Crippen LogP contribution in [0.2, 0.25) is 0 Å². The Kier molecular flexibility index (Phi) is 6.19. The van der Waals surface area contributed by atoms with Crippen LogP contribution in [0, 0.1) is 0 Å². The Morgan fingerprint density at radius 1 is 1.03 bits per heavy atom. The van der Waals surface area contributed by atoms with Gasteiger partial charge in [-0.05, 0) is 36.4 Å². The average Bonchev–Trinajstić information content (AvgIpc) is 3.22. The van der Waals surface area contributed by atoms with Gasteiger partial charge in [-0.2, -0.15) is 0 Å². The van der Waals surface area contributed by atoms with Crippen molar-refractivity contribution in [1.29, 1.82) is 0 Å². The molecule has 1 aromatic heterocycles. The number of hydrogen-bond donors (Lipinski definition) is 2. The Morgan fingerprint density at radius 2 is 1.80 bits per heavy atom. The van der Waals surface area contributed by atoms with Gasteiger partial charge in [-0.1, -0.05) is 27.7 Å². The third kappa shape index (κ3) is 5.10. The van der Waals surface area contributed by atoms with Crippen molar-refractivity contribution in [3.63, 3.8) is 0 Å². The van der Waals surface area contributed by atoms with Crippen LogP contribution in [0.15, 0.2) is 56.6 Å². The van der Waals surface area contributed by atoms with Crippen molar-refractivity contribution >= 4 is 45.3 Å². The second kappa shape index (κ2) is 9.18. The lowest BCUT2D eigenvalue weighted by Gasteiger charge is -2.19. The minimum atomic E-state index is -0.654. The fourth-order valence-electron chi connectivity index (χ4n) is 2.55. The van der Waals surface area contributed by atoms with Gasteiger partial charge in [0, 0.05) is 21.8 Å². The highest BCUT2D eigenvalue weighted by Gasteiger charge is 2.15. The lowest BCUT2D eigenvalue weighted by atomic mass is 10.2. The molecule has 1 aliphatic heterocycles. The van der Waals surface area contributed by atoms with Gasteiger partial charge in [0.25, 0.3) is 5.22 Å². The first kappa shape index (κ1) is 20.2. The molecule has 11 heteroatoms. The smallest absolute Gasteiger partial charge is 0.325 e. The number of halogens is 1. The molecule has 4 rings (SSSR count). The first-order valence-electron chi connectivity index (χ1n) is 8.79. The van der Waals surface area contributed by atoms with Gasteiger partial charge in [-0.3, -0.25) is 10.1 Å². The van der Waals surface area contributed by atoms with E-state index in [2.05, 4.69) is 36.8 Å². The van der Waals surface area contributed by atoms with E-state index in [0.717, 1.165) is 21.8 Å². The number of aromatic nitrogens is 2. The standard InChI is InChI=1S/C19H15BrN4O5S/c20-12-3-1-11(2-4-12)17-23-24-19(29-17)30-10-16(25)22-18(26)21-13-5-6-14-15(9-13)28-8-7-27-14/h1-6,9H,7-8,10H2,(H2,21,22,25,26). The average molecular weight is 491 g/mol. The number of hydrogen-bond acceptors (Lipinski definition) is 8. The van der Waals surface area contributed by atoms with E-state index in [0.29, 0.717) is 36.3 Å². The molecule has 3 amide bonds. The summed E-state index contributed by atoms with van der Waals surface area (Å²) in [6.45, 7) is 0.925. The molecule has 154 valence electrons. The summed E-state index contributed by atoms with van der Waals surface area (Å²) < 4.78 is 17.4. The van der Waals surface area contributed by atoms with Crippen LogP contribution in [0.25, 0.3) is 11.5 Å². The van der Waals surface area contributed by atoms with Gasteiger partial charge < -0.3 is 19.2 Å². The Hall–Kier alpha value is -3.05. The summed E-state index contributed by atoms with van der Waals surface area (Å²) in [6, 6.07) is 11.7. The summed E-state index contributed by atoms with van der Waals surface area (Å²) in [6.07, 6.45) is 0. The SMILES string of the molecule is O=C(CSc1nnc(-c2ccc(Br)cc2)o1)NC(=O)Nc1ccc2c(c1)OCCO2. The van der Waals surface area contributed by atoms with Gasteiger partial charge in [0.2, 0.25) is 11.8 Å². The zero-order valence-electron chi connectivity index (χ0n) is 15.4. The number of amides is 3. The normalized spacial score (nSPS) is 12.3. The summed E-state index contributed by atoms with van der Waals surface area (Å²) in [5, 5.41) is 12.9. The van der Waals surface area contributed by atoms with E-state index >= 15 is 0 Å². The number of urea groups is 1. The van der Waals surface area contributed by atoms with Gasteiger partial charge in [-0.15, -0.1) is 10.2 Å². The highest BCUT2D eigenvalue weighted by Crippen LogP contribution is 2.32. The summed E-state index contributed by atoms with van der Waals surface area (Å²) in [4.78, 5) is 24.1. The van der Waals surface area contributed by atoms with Crippen molar-refractivity contribution in [3.05, 3.63) is 46.9 Å². The van der Waals surface area contributed by atoms with Gasteiger partial charge >= 0.3 is 6.03 Å². The predicted molar refractivity (Wildman–Crippen MR) is 113 cm³/mol. The van der Waals surface area contributed by atoms with E-state index in [4.69, 9.17) is 13.9 Å². The van der Waals surface area contributed by atoms with E-state index in [1.807, 2.05) is 24.3 Å². The molecule has 0 radical (unpaired) electrons. The fraction of sp³-hybridized carbons (Fsp3) is 0.158. The predicted octanol–water partition coefficient (Wildman–Crippen LogP) is 3.71. The maximum Gasteiger partial charge on any atom is 0.325 e. The number of carbonyl (C=O) groups excluding carboxylic acids is 2. The highest BCUT2D eigenvalue weighted by atomic mass is 79.9. The Bertz CT molecular complexity index is 1070. The number of nitrogens with zero attached hydrogens (tertiary/aromatic N) is 2. The minimum absolute atomic E-state index is 0.0590. The summed E-state index contributed by atoms with van der Waals surface area (Å²) in [5.74, 6) is 0.942. The molecule has 2 N–H and O–H groups in total. The van der Waals surface area contributed by atoms with Crippen molar-refractivity contribution in [2.24, 2.45) is 0 Å². The monoisotopic (exact) mass is 490 g/mol. The van der Waals surface area contributed by atoms with E-state index in [-0.39, 0.29) is 11.0 Å². The molecular formula is C19H15BrN4O5S. The molecule has 0 bridgehead atoms. The molecule has 30 heavy (non-hydrogen) atoms. The Labute approximate surface area is 183 Å². The first-order chi connectivity index (χ1) is 14.6. The van der Waals surface area contributed by atoms with Crippen LogP contribution in [-0.2, 0) is 4.79 Å². The van der Waals surface area contributed by atoms with Crippen molar-refractivity contribution in [1.82, 2.24) is 15.5 Å². The second-order valence-electron chi connectivity index (χ2n) is 6.03. The van der Waals surface area contributed by atoms with Crippen molar-refractivity contribution < 1.29 is 23.5 Å². The van der Waals surface area contributed by atoms with Crippen molar-refractivity contribution in [2.45, 2.75) is 5.22 Å². The van der Waals surface area contributed by atoms with E-state index in [1.54, 1.807) is 18.2 Å². The third-order valence-electron chi connectivity index (χ3n) is 3.88. The lowest BCUT2D eigenvalue weighted by Crippen LogP contribution is -2.35. The van der Waals surface area contributed by atoms with Crippen molar-refractivity contribution in [2.75, 3.05) is 24.3 Å². The zero-order chi connectivity index (χ0) is 20.9. The quantitative estimate of drug-likeness (QED) is 0.519. The number of anilines is 1. The molecule has 0 saturated heterocycles. The first-order valence-corrected chi connectivity index (χ1v) is 10.6. The Morgan fingerprint density at radius 3 is 2.60 bits per heavy atom.